The van der Waals surface area contributed by atoms with Gasteiger partial charge in [-0.3, -0.25) is 14.4 Å². The second-order valence-corrected chi connectivity index (χ2v) is 18.6. The van der Waals surface area contributed by atoms with Crippen LogP contribution in [-0.4, -0.2) is 56.5 Å². The number of ether oxygens (including phenoxy) is 4. The zero-order chi connectivity index (χ0) is 43.0. The molecule has 340 valence electrons. The molecule has 3 aliphatic rings. The lowest BCUT2D eigenvalue weighted by atomic mass is 9.53. The first-order valence-corrected chi connectivity index (χ1v) is 24.9. The summed E-state index contributed by atoms with van der Waals surface area (Å²) in [5, 5.41) is 0. The number of hydrogen-bond donors (Lipinski definition) is 0. The van der Waals surface area contributed by atoms with Crippen molar-refractivity contribution in [2.45, 2.75) is 231 Å². The maximum absolute atomic E-state index is 13.7. The first-order valence-electron chi connectivity index (χ1n) is 24.9. The Bertz CT molecular complexity index is 1470. The molecule has 1 heterocycles. The normalized spacial score (nSPS) is 19.7. The molecule has 60 heavy (non-hydrogen) atoms. The number of hydrogen-bond acceptors (Lipinski definition) is 8. The number of nitrogens with zero attached hydrogens (tertiary/aromatic N) is 1. The molecule has 0 saturated carbocycles. The average molecular weight is 836 g/mol. The molecular formula is C52H85NO7. The van der Waals surface area contributed by atoms with Gasteiger partial charge < -0.3 is 23.8 Å². The number of piperidine rings is 1. The highest BCUT2D eigenvalue weighted by Gasteiger charge is 2.57. The van der Waals surface area contributed by atoms with E-state index in [1.54, 1.807) is 14.2 Å². The summed E-state index contributed by atoms with van der Waals surface area (Å²) in [5.74, 6) is 0.789. The van der Waals surface area contributed by atoms with Gasteiger partial charge in [-0.15, -0.1) is 0 Å². The third-order valence-electron chi connectivity index (χ3n) is 14.0. The van der Waals surface area contributed by atoms with Gasteiger partial charge >= 0.3 is 11.9 Å². The van der Waals surface area contributed by atoms with Gasteiger partial charge in [0.05, 0.1) is 14.2 Å². The summed E-state index contributed by atoms with van der Waals surface area (Å²) in [5.41, 5.74) is 2.18. The zero-order valence-electron chi connectivity index (χ0n) is 38.9. The maximum Gasteiger partial charge on any atom is 0.311 e. The van der Waals surface area contributed by atoms with E-state index in [1.807, 2.05) is 12.1 Å². The quantitative estimate of drug-likeness (QED) is 0.0393. The lowest BCUT2D eigenvalue weighted by molar-refractivity contribution is -0.145. The monoisotopic (exact) mass is 836 g/mol. The van der Waals surface area contributed by atoms with Crippen molar-refractivity contribution in [1.82, 2.24) is 4.90 Å². The van der Waals surface area contributed by atoms with Gasteiger partial charge in [0.15, 0.2) is 23.0 Å². The Labute approximate surface area is 365 Å². The summed E-state index contributed by atoms with van der Waals surface area (Å²) >= 11 is 0. The standard InChI is InChI=1S/C52H85NO7/c1-6-8-10-12-14-16-18-20-22-24-26-28-30-32-48(55)59-40-41-36-47(58-5)51(60-49(56)33-31-29-27-25-23-21-19-17-15-13-11-9-7-2)50-42(41)37-44-43-38-46(57-4)45(54)39-52(43,50)34-35-53(44)3/h36,38,43-44H,6-35,37,39-40H2,1-5H3/t43-,44+,52-/m1/s1. The zero-order valence-corrected chi connectivity index (χ0v) is 38.9. The number of allylic oxidation sites excluding steroid dienone is 1. The van der Waals surface area contributed by atoms with E-state index in [9.17, 15) is 14.4 Å². The fraction of sp³-hybridized carbons (Fsp3) is 0.788. The summed E-state index contributed by atoms with van der Waals surface area (Å²) in [6.07, 6.45) is 37.0. The van der Waals surface area contributed by atoms with Crippen molar-refractivity contribution >= 4 is 17.7 Å². The third-order valence-corrected chi connectivity index (χ3v) is 14.0. The molecule has 0 amide bonds. The highest BCUT2D eigenvalue weighted by molar-refractivity contribution is 5.96. The fourth-order valence-corrected chi connectivity index (χ4v) is 10.4. The van der Waals surface area contributed by atoms with Crippen LogP contribution in [-0.2, 0) is 42.3 Å². The maximum atomic E-state index is 13.7. The second-order valence-electron chi connectivity index (χ2n) is 18.6. The van der Waals surface area contributed by atoms with E-state index in [0.29, 0.717) is 36.5 Å². The van der Waals surface area contributed by atoms with E-state index in [0.717, 1.165) is 68.2 Å². The lowest BCUT2D eigenvalue weighted by Crippen LogP contribution is -2.60. The molecule has 2 aliphatic carbocycles. The minimum atomic E-state index is -0.586. The molecule has 1 aromatic carbocycles. The van der Waals surface area contributed by atoms with Gasteiger partial charge in [0.2, 0.25) is 0 Å². The molecule has 0 aromatic heterocycles. The van der Waals surface area contributed by atoms with Crippen LogP contribution in [0.4, 0.5) is 0 Å². The van der Waals surface area contributed by atoms with Gasteiger partial charge in [-0.2, -0.15) is 0 Å². The number of benzene rings is 1. The molecule has 0 spiro atoms. The van der Waals surface area contributed by atoms with Gasteiger partial charge in [-0.1, -0.05) is 168 Å². The van der Waals surface area contributed by atoms with E-state index in [1.165, 1.54) is 128 Å². The number of unbranched alkanes of at least 4 members (excludes halogenated alkanes) is 24. The molecular weight excluding hydrogens is 751 g/mol. The smallest absolute Gasteiger partial charge is 0.311 e. The number of methoxy groups -OCH3 is 2. The van der Waals surface area contributed by atoms with Crippen LogP contribution in [0.1, 0.15) is 223 Å². The van der Waals surface area contributed by atoms with E-state index in [2.05, 4.69) is 25.8 Å². The van der Waals surface area contributed by atoms with Gasteiger partial charge in [0, 0.05) is 42.2 Å². The van der Waals surface area contributed by atoms with Crippen LogP contribution in [0.25, 0.3) is 0 Å². The SMILES string of the molecule is CCCCCCCCCCCCCCCC(=O)OCc1cc(OC)c(OC(=O)CCCCCCCCCCCCCCC)c2c1C[C@H]1[C@H]3C=C(OC)C(=O)C[C@@]23CCN1C. The van der Waals surface area contributed by atoms with Crippen LogP contribution in [0.3, 0.4) is 0 Å². The Kier molecular flexibility index (Phi) is 23.2. The summed E-state index contributed by atoms with van der Waals surface area (Å²) < 4.78 is 23.9. The van der Waals surface area contributed by atoms with Gasteiger partial charge in [-0.25, -0.2) is 0 Å². The second kappa shape index (κ2) is 27.9. The van der Waals surface area contributed by atoms with E-state index in [-0.39, 0.29) is 42.7 Å². The molecule has 1 saturated heterocycles. The number of fused-ring (bicyclic) bond motifs is 1. The summed E-state index contributed by atoms with van der Waals surface area (Å²) in [6.45, 7) is 5.47. The largest absolute Gasteiger partial charge is 0.493 e. The minimum absolute atomic E-state index is 0.00651. The molecule has 8 nitrogen and oxygen atoms in total. The lowest BCUT2D eigenvalue weighted by Gasteiger charge is -2.57. The molecule has 2 bridgehead atoms. The van der Waals surface area contributed by atoms with Crippen molar-refractivity contribution in [2.24, 2.45) is 5.92 Å². The van der Waals surface area contributed by atoms with Crippen molar-refractivity contribution < 1.29 is 33.3 Å². The van der Waals surface area contributed by atoms with Crippen LogP contribution in [0.2, 0.25) is 0 Å². The first kappa shape index (κ1) is 49.8. The molecule has 3 atom stereocenters. The van der Waals surface area contributed by atoms with E-state index < -0.39 is 5.41 Å². The van der Waals surface area contributed by atoms with E-state index in [4.69, 9.17) is 18.9 Å². The average Bonchev–Trinajstić information content (AvgIpc) is 3.24. The van der Waals surface area contributed by atoms with Crippen LogP contribution in [0.5, 0.6) is 11.5 Å². The van der Waals surface area contributed by atoms with Crippen molar-refractivity contribution in [2.75, 3.05) is 27.8 Å². The highest BCUT2D eigenvalue weighted by atomic mass is 16.6. The minimum Gasteiger partial charge on any atom is -0.493 e. The number of likely N-dealkylation sites (tertiary alicyclic amines) is 1. The summed E-state index contributed by atoms with van der Waals surface area (Å²) in [7, 11) is 5.31. The molecule has 0 N–H and O–H groups in total. The fourth-order valence-electron chi connectivity index (χ4n) is 10.4. The molecule has 4 rings (SSSR count). The van der Waals surface area contributed by atoms with Crippen molar-refractivity contribution in [3.63, 3.8) is 0 Å². The predicted molar refractivity (Wildman–Crippen MR) is 244 cm³/mol. The number of rotatable bonds is 33. The number of Topliss-reactive ketones (excluding diaryl/α,β-unsaturated/α-hetero) is 1. The molecule has 8 heteroatoms. The number of esters is 2. The number of carbonyl (C=O) groups is 3. The van der Waals surface area contributed by atoms with Crippen LogP contribution in [0.15, 0.2) is 17.9 Å². The van der Waals surface area contributed by atoms with Crippen molar-refractivity contribution in [3.8, 4) is 11.5 Å². The first-order chi connectivity index (χ1) is 29.3. The number of likely N-dealkylation sites (N-methyl/N-ethyl adjacent to an activating group) is 1. The van der Waals surface area contributed by atoms with Gasteiger partial charge in [-0.05, 0) is 62.5 Å². The van der Waals surface area contributed by atoms with Crippen molar-refractivity contribution in [3.05, 3.63) is 34.6 Å². The number of ketones is 1. The van der Waals surface area contributed by atoms with Crippen LogP contribution in [0, 0.1) is 5.92 Å². The Morgan fingerprint density at radius 1 is 0.683 bits per heavy atom. The summed E-state index contributed by atoms with van der Waals surface area (Å²) in [4.78, 5) is 42.8. The Morgan fingerprint density at radius 3 is 1.65 bits per heavy atom. The molecule has 1 fully saturated rings. The van der Waals surface area contributed by atoms with Crippen LogP contribution >= 0.6 is 0 Å². The Hall–Kier alpha value is -2.87. The predicted octanol–water partition coefficient (Wildman–Crippen LogP) is 13.2. The molecule has 1 aromatic rings. The number of carbonyl (C=O) groups excluding carboxylic acids is 3. The van der Waals surface area contributed by atoms with Gasteiger partial charge in [0.1, 0.15) is 6.61 Å². The summed E-state index contributed by atoms with van der Waals surface area (Å²) in [6, 6.07) is 2.02. The van der Waals surface area contributed by atoms with Crippen molar-refractivity contribution in [1.29, 1.82) is 0 Å². The van der Waals surface area contributed by atoms with Gasteiger partial charge in [0.25, 0.3) is 0 Å². The highest BCUT2D eigenvalue weighted by Crippen LogP contribution is 2.59. The Morgan fingerprint density at radius 2 is 1.17 bits per heavy atom. The Balaban J connectivity index is 1.35. The topological polar surface area (TPSA) is 91.4 Å². The van der Waals surface area contributed by atoms with E-state index >= 15 is 0 Å². The molecule has 0 unspecified atom stereocenters. The van der Waals surface area contributed by atoms with Crippen LogP contribution < -0.4 is 9.47 Å². The molecule has 0 radical (unpaired) electrons. The third kappa shape index (κ3) is 15.2. The molecule has 1 aliphatic heterocycles.